The summed E-state index contributed by atoms with van der Waals surface area (Å²) < 4.78 is 0. The Balaban J connectivity index is 0. The average Bonchev–Trinajstić information content (AvgIpc) is 3.55. The van der Waals surface area contributed by atoms with Crippen molar-refractivity contribution in [3.63, 3.8) is 0 Å². The lowest BCUT2D eigenvalue weighted by Gasteiger charge is -2.08. The van der Waals surface area contributed by atoms with E-state index >= 15 is 0 Å². The number of rotatable bonds is 11. The van der Waals surface area contributed by atoms with Crippen LogP contribution in [0.3, 0.4) is 0 Å². The van der Waals surface area contributed by atoms with Crippen LogP contribution in [0.5, 0.6) is 0 Å². The van der Waals surface area contributed by atoms with Crippen molar-refractivity contribution in [3.05, 3.63) is 46.1 Å². The molecule has 1 saturated heterocycles. The van der Waals surface area contributed by atoms with Crippen molar-refractivity contribution in [2.45, 2.75) is 120 Å². The number of hydrogen-bond donors (Lipinski definition) is 2. The van der Waals surface area contributed by atoms with Crippen LogP contribution in [-0.4, -0.2) is 29.9 Å². The van der Waals surface area contributed by atoms with E-state index in [0.717, 1.165) is 60.8 Å². The minimum absolute atomic E-state index is 0.0935. The topological polar surface area (TPSA) is 70.0 Å². The molecule has 2 N–H and O–H groups in total. The van der Waals surface area contributed by atoms with E-state index in [1.165, 1.54) is 5.57 Å². The van der Waals surface area contributed by atoms with Crippen molar-refractivity contribution in [2.24, 2.45) is 0 Å². The molecule has 0 radical (unpaired) electrons. The van der Waals surface area contributed by atoms with Gasteiger partial charge in [0.15, 0.2) is 11.6 Å². The molecule has 1 fully saturated rings. The van der Waals surface area contributed by atoms with Gasteiger partial charge >= 0.3 is 0 Å². The van der Waals surface area contributed by atoms with Gasteiger partial charge in [0.1, 0.15) is 0 Å². The summed E-state index contributed by atoms with van der Waals surface area (Å²) in [5, 5.41) is 11.4. The second-order valence-electron chi connectivity index (χ2n) is 8.41. The van der Waals surface area contributed by atoms with E-state index in [9.17, 15) is 9.59 Å². The standard InChI is InChI=1S/C24H34N2O2.C4H6.2C2H6/c1-5-7-8-9-10-22(25)23(27)12-11-19-15-26-17(4)21(19)14-18(6-2)24(28)20-13-16(20)3;1-3-4-2;2*1-2/h6,11,14,17,25-26H,5,7-10,12-13,15H2,1-4H3;1H,4H2,2H3;2*1-2H3/b18-6+,19-11+,21-14+,25-22?;;;. The number of unbranched alkanes of at least 4 members (excludes halogenated alkanes) is 3. The van der Waals surface area contributed by atoms with E-state index in [4.69, 9.17) is 11.8 Å². The van der Waals surface area contributed by atoms with Crippen LogP contribution in [0.1, 0.15) is 114 Å². The first-order valence-corrected chi connectivity index (χ1v) is 13.9. The van der Waals surface area contributed by atoms with Crippen molar-refractivity contribution < 1.29 is 9.59 Å². The van der Waals surface area contributed by atoms with Crippen molar-refractivity contribution in [1.29, 1.82) is 5.41 Å². The predicted molar refractivity (Wildman–Crippen MR) is 158 cm³/mol. The summed E-state index contributed by atoms with van der Waals surface area (Å²) in [5.41, 5.74) is 5.20. The molecule has 2 rings (SSSR count). The molecule has 2 aliphatic rings. The lowest BCUT2D eigenvalue weighted by Crippen LogP contribution is -2.18. The van der Waals surface area contributed by atoms with E-state index in [1.807, 2.05) is 66.7 Å². The lowest BCUT2D eigenvalue weighted by atomic mass is 9.97. The number of hydrogen-bond acceptors (Lipinski definition) is 4. The lowest BCUT2D eigenvalue weighted by molar-refractivity contribution is -0.112. The summed E-state index contributed by atoms with van der Waals surface area (Å²) in [6.07, 6.45) is 17.4. The average molecular weight is 497 g/mol. The van der Waals surface area contributed by atoms with E-state index in [0.29, 0.717) is 13.0 Å². The molecule has 1 aliphatic carbocycles. The summed E-state index contributed by atoms with van der Waals surface area (Å²) in [6, 6.07) is 0.145. The van der Waals surface area contributed by atoms with Crippen LogP contribution in [0.2, 0.25) is 0 Å². The molecular weight excluding hydrogens is 444 g/mol. The number of ketones is 2. The molecule has 0 aromatic carbocycles. The van der Waals surface area contributed by atoms with Crippen LogP contribution in [0.4, 0.5) is 0 Å². The number of nitrogens with one attached hydrogen (secondary N) is 2. The van der Waals surface area contributed by atoms with Gasteiger partial charge in [-0.3, -0.25) is 9.59 Å². The zero-order chi connectivity index (χ0) is 28.1. The molecule has 1 aliphatic heterocycles. The molecule has 202 valence electrons. The molecule has 0 spiro atoms. The van der Waals surface area contributed by atoms with Gasteiger partial charge in [0.2, 0.25) is 0 Å². The van der Waals surface area contributed by atoms with Gasteiger partial charge in [-0.15, -0.1) is 12.3 Å². The van der Waals surface area contributed by atoms with Crippen LogP contribution in [-0.2, 0) is 9.59 Å². The van der Waals surface area contributed by atoms with E-state index in [-0.39, 0.29) is 29.7 Å². The number of Topliss-reactive ketones (excluding diaryl/α,β-unsaturated/α-hetero) is 2. The Morgan fingerprint density at radius 3 is 2.19 bits per heavy atom. The van der Waals surface area contributed by atoms with Gasteiger partial charge in [0.05, 0.1) is 5.71 Å². The van der Waals surface area contributed by atoms with Crippen LogP contribution in [0, 0.1) is 17.8 Å². The smallest absolute Gasteiger partial charge is 0.188 e. The van der Waals surface area contributed by atoms with Gasteiger partial charge in [0.25, 0.3) is 0 Å². The maximum absolute atomic E-state index is 12.6. The Kier molecular flexibility index (Phi) is 21.5. The first-order valence-electron chi connectivity index (χ1n) is 13.9. The fraction of sp³-hybridized carbons (Fsp3) is 0.594. The first-order chi connectivity index (χ1) is 17.3. The van der Waals surface area contributed by atoms with Gasteiger partial charge < -0.3 is 10.7 Å². The van der Waals surface area contributed by atoms with Gasteiger partial charge in [0, 0.05) is 36.6 Å². The van der Waals surface area contributed by atoms with E-state index < -0.39 is 0 Å². The maximum Gasteiger partial charge on any atom is 0.188 e. The van der Waals surface area contributed by atoms with Crippen LogP contribution in [0.25, 0.3) is 0 Å². The third-order valence-electron chi connectivity index (χ3n) is 5.78. The highest BCUT2D eigenvalue weighted by Gasteiger charge is 2.27. The molecule has 36 heavy (non-hydrogen) atoms. The van der Waals surface area contributed by atoms with Crippen molar-refractivity contribution in [2.75, 3.05) is 6.54 Å². The zero-order valence-corrected chi connectivity index (χ0v) is 24.6. The summed E-state index contributed by atoms with van der Waals surface area (Å²) >= 11 is 0. The second kappa shape index (κ2) is 21.7. The largest absolute Gasteiger partial charge is 0.306 e. The number of allylic oxidation sites excluding steroid dienone is 6. The molecular formula is C32H52N2O2. The SMILES string of the molecule is C#CCC.CC.CC.C\C=C(/C=C1/C(=C/CC(=O)C(=N)CCCCCC)CNC1C)C(=O)C1=C(C)C1. The molecule has 1 heterocycles. The van der Waals surface area contributed by atoms with Crippen LogP contribution >= 0.6 is 0 Å². The monoisotopic (exact) mass is 496 g/mol. The molecule has 0 bridgehead atoms. The number of terminal acetylenes is 1. The molecule has 4 nitrogen and oxygen atoms in total. The highest BCUT2D eigenvalue weighted by molar-refractivity contribution is 6.38. The Bertz CT molecular complexity index is 863. The normalized spacial score (nSPS) is 18.2. The first kappa shape index (κ1) is 35.7. The fourth-order valence-electron chi connectivity index (χ4n) is 3.48. The number of carbonyl (C=O) groups is 2. The van der Waals surface area contributed by atoms with Crippen molar-refractivity contribution in [3.8, 4) is 12.3 Å². The van der Waals surface area contributed by atoms with Gasteiger partial charge in [-0.1, -0.05) is 78.5 Å². The van der Waals surface area contributed by atoms with E-state index in [2.05, 4.69) is 25.1 Å². The second-order valence-corrected chi connectivity index (χ2v) is 8.41. The highest BCUT2D eigenvalue weighted by atomic mass is 16.1. The maximum atomic E-state index is 12.6. The molecule has 1 atom stereocenters. The molecule has 1 unspecified atom stereocenters. The van der Waals surface area contributed by atoms with Crippen LogP contribution < -0.4 is 5.32 Å². The summed E-state index contributed by atoms with van der Waals surface area (Å²) in [6.45, 7) is 18.8. The zero-order valence-electron chi connectivity index (χ0n) is 24.6. The van der Waals surface area contributed by atoms with Crippen molar-refractivity contribution >= 4 is 17.3 Å². The van der Waals surface area contributed by atoms with Gasteiger partial charge in [-0.25, -0.2) is 0 Å². The van der Waals surface area contributed by atoms with Crippen LogP contribution in [0.15, 0.2) is 46.1 Å². The third-order valence-corrected chi connectivity index (χ3v) is 5.78. The Morgan fingerprint density at radius 1 is 1.14 bits per heavy atom. The minimum atomic E-state index is -0.0935. The molecule has 4 heteroatoms. The van der Waals surface area contributed by atoms with Crippen molar-refractivity contribution in [1.82, 2.24) is 5.32 Å². The fourth-order valence-corrected chi connectivity index (χ4v) is 3.48. The molecule has 0 aromatic heterocycles. The third kappa shape index (κ3) is 13.5. The Hall–Kier alpha value is -2.51. The summed E-state index contributed by atoms with van der Waals surface area (Å²) in [7, 11) is 0. The number of carbonyl (C=O) groups excluding carboxylic acids is 2. The molecule has 0 amide bonds. The Labute approximate surface area is 222 Å². The molecule has 0 aromatic rings. The summed E-state index contributed by atoms with van der Waals surface area (Å²) in [4.78, 5) is 24.8. The van der Waals surface area contributed by atoms with Gasteiger partial charge in [-0.2, -0.15) is 0 Å². The van der Waals surface area contributed by atoms with E-state index in [1.54, 1.807) is 0 Å². The summed E-state index contributed by atoms with van der Waals surface area (Å²) in [5.74, 6) is 2.46. The van der Waals surface area contributed by atoms with Gasteiger partial charge in [-0.05, 0) is 57.3 Å². The quantitative estimate of drug-likeness (QED) is 0.131. The Morgan fingerprint density at radius 2 is 1.72 bits per heavy atom. The highest BCUT2D eigenvalue weighted by Crippen LogP contribution is 2.34. The molecule has 0 saturated carbocycles. The minimum Gasteiger partial charge on any atom is -0.306 e. The predicted octanol–water partition coefficient (Wildman–Crippen LogP) is 8.10.